The van der Waals surface area contributed by atoms with Crippen LogP contribution < -0.4 is 10.2 Å². The highest BCUT2D eigenvalue weighted by molar-refractivity contribution is 9.10. The van der Waals surface area contributed by atoms with Crippen molar-refractivity contribution < 1.29 is 9.59 Å². The number of nitrogens with zero attached hydrogens (tertiary/aromatic N) is 2. The molecular weight excluding hydrogens is 358 g/mol. The third kappa shape index (κ3) is 4.63. The van der Waals surface area contributed by atoms with Crippen molar-refractivity contribution in [3.8, 4) is 0 Å². The van der Waals surface area contributed by atoms with Crippen molar-refractivity contribution in [2.45, 2.75) is 13.8 Å². The first-order chi connectivity index (χ1) is 11.0. The number of pyridine rings is 1. The van der Waals surface area contributed by atoms with E-state index in [0.717, 1.165) is 15.7 Å². The van der Waals surface area contributed by atoms with Gasteiger partial charge in [-0.15, -0.1) is 0 Å². The zero-order chi connectivity index (χ0) is 16.8. The molecule has 1 heterocycles. The van der Waals surface area contributed by atoms with Crippen LogP contribution in [0.1, 0.15) is 22.8 Å². The lowest BCUT2D eigenvalue weighted by atomic mass is 10.2. The van der Waals surface area contributed by atoms with Crippen LogP contribution in [-0.2, 0) is 4.79 Å². The average molecular weight is 376 g/mol. The van der Waals surface area contributed by atoms with Gasteiger partial charge in [-0.1, -0.05) is 15.9 Å². The molecule has 0 fully saturated rings. The topological polar surface area (TPSA) is 62.3 Å². The zero-order valence-electron chi connectivity index (χ0n) is 13.0. The highest BCUT2D eigenvalue weighted by Gasteiger charge is 2.13. The van der Waals surface area contributed by atoms with Gasteiger partial charge in [-0.05, 0) is 42.8 Å². The predicted octanol–water partition coefficient (Wildman–Crippen LogP) is 2.94. The summed E-state index contributed by atoms with van der Waals surface area (Å²) in [5, 5.41) is 2.80. The average Bonchev–Trinajstić information content (AvgIpc) is 2.54. The first-order valence-corrected chi connectivity index (χ1v) is 8.01. The molecule has 1 aromatic heterocycles. The summed E-state index contributed by atoms with van der Waals surface area (Å²) in [6, 6.07) is 9.13. The van der Waals surface area contributed by atoms with E-state index in [2.05, 4.69) is 26.2 Å². The second-order valence-electron chi connectivity index (χ2n) is 5.10. The summed E-state index contributed by atoms with van der Waals surface area (Å²) in [7, 11) is 0. The highest BCUT2D eigenvalue weighted by Crippen LogP contribution is 2.22. The van der Waals surface area contributed by atoms with E-state index in [0.29, 0.717) is 18.7 Å². The lowest BCUT2D eigenvalue weighted by Crippen LogP contribution is -2.37. The van der Waals surface area contributed by atoms with Crippen molar-refractivity contribution in [2.75, 3.05) is 18.0 Å². The molecule has 1 aromatic carbocycles. The van der Waals surface area contributed by atoms with Gasteiger partial charge in [-0.2, -0.15) is 0 Å². The van der Waals surface area contributed by atoms with Crippen LogP contribution in [0.3, 0.4) is 0 Å². The second-order valence-corrected chi connectivity index (χ2v) is 5.96. The third-order valence-electron chi connectivity index (χ3n) is 3.38. The van der Waals surface area contributed by atoms with Gasteiger partial charge >= 0.3 is 0 Å². The molecule has 0 radical (unpaired) electrons. The number of nitrogens with one attached hydrogen (secondary N) is 1. The molecule has 0 bridgehead atoms. The molecule has 0 unspecified atom stereocenters. The van der Waals surface area contributed by atoms with E-state index in [1.807, 2.05) is 25.1 Å². The minimum atomic E-state index is -0.200. The molecule has 6 heteroatoms. The zero-order valence-corrected chi connectivity index (χ0v) is 14.6. The lowest BCUT2D eigenvalue weighted by Gasteiger charge is -2.22. The van der Waals surface area contributed by atoms with E-state index in [-0.39, 0.29) is 11.8 Å². The van der Waals surface area contributed by atoms with E-state index in [1.54, 1.807) is 23.2 Å². The number of carbonyl (C=O) groups excluding carboxylic acids is 2. The van der Waals surface area contributed by atoms with E-state index in [9.17, 15) is 9.59 Å². The van der Waals surface area contributed by atoms with Crippen LogP contribution in [0.2, 0.25) is 0 Å². The summed E-state index contributed by atoms with van der Waals surface area (Å²) in [6.45, 7) is 4.25. The van der Waals surface area contributed by atoms with Gasteiger partial charge in [-0.3, -0.25) is 14.6 Å². The molecule has 0 atom stereocenters. The number of anilines is 1. The summed E-state index contributed by atoms with van der Waals surface area (Å²) < 4.78 is 0.995. The fraction of sp³-hybridized carbons (Fsp3) is 0.235. The Labute approximate surface area is 143 Å². The molecule has 0 aliphatic heterocycles. The minimum absolute atomic E-state index is 0.0673. The summed E-state index contributed by atoms with van der Waals surface area (Å²) in [4.78, 5) is 29.4. The standard InChI is InChI=1S/C17H18BrN3O2/c1-12-10-15(5-6-16(12)18)21(13(2)22)9-8-20-17(23)14-4-3-7-19-11-14/h3-7,10-11H,8-9H2,1-2H3,(H,20,23). The third-order valence-corrected chi connectivity index (χ3v) is 4.27. The van der Waals surface area contributed by atoms with E-state index in [4.69, 9.17) is 0 Å². The van der Waals surface area contributed by atoms with Gasteiger partial charge in [0.2, 0.25) is 5.91 Å². The normalized spacial score (nSPS) is 10.2. The Morgan fingerprint density at radius 2 is 2.09 bits per heavy atom. The molecular formula is C17H18BrN3O2. The van der Waals surface area contributed by atoms with Crippen molar-refractivity contribution in [3.63, 3.8) is 0 Å². The predicted molar refractivity (Wildman–Crippen MR) is 93.5 cm³/mol. The van der Waals surface area contributed by atoms with Crippen LogP contribution in [-0.4, -0.2) is 29.9 Å². The van der Waals surface area contributed by atoms with Crippen LogP contribution in [0.15, 0.2) is 47.2 Å². The quantitative estimate of drug-likeness (QED) is 0.873. The number of aromatic nitrogens is 1. The summed E-state index contributed by atoms with van der Waals surface area (Å²) in [6.07, 6.45) is 3.13. The van der Waals surface area contributed by atoms with Crippen LogP contribution in [0.25, 0.3) is 0 Å². The summed E-state index contributed by atoms with van der Waals surface area (Å²) >= 11 is 3.45. The minimum Gasteiger partial charge on any atom is -0.350 e. The molecule has 5 nitrogen and oxygen atoms in total. The fourth-order valence-corrected chi connectivity index (χ4v) is 2.39. The number of aryl methyl sites for hydroxylation is 1. The number of hydrogen-bond donors (Lipinski definition) is 1. The van der Waals surface area contributed by atoms with E-state index in [1.165, 1.54) is 13.1 Å². The number of hydrogen-bond acceptors (Lipinski definition) is 3. The molecule has 1 N–H and O–H groups in total. The Morgan fingerprint density at radius 3 is 2.70 bits per heavy atom. The number of halogens is 1. The maximum Gasteiger partial charge on any atom is 0.252 e. The van der Waals surface area contributed by atoms with Gasteiger partial charge in [0.25, 0.3) is 5.91 Å². The molecule has 2 amide bonds. The molecule has 2 aromatic rings. The summed E-state index contributed by atoms with van der Waals surface area (Å²) in [5.74, 6) is -0.268. The van der Waals surface area contributed by atoms with Crippen molar-refractivity contribution in [1.82, 2.24) is 10.3 Å². The fourth-order valence-electron chi connectivity index (χ4n) is 2.15. The second kappa shape index (κ2) is 7.87. The first kappa shape index (κ1) is 17.1. The van der Waals surface area contributed by atoms with E-state index < -0.39 is 0 Å². The number of carbonyl (C=O) groups is 2. The Bertz CT molecular complexity index is 704. The first-order valence-electron chi connectivity index (χ1n) is 7.21. The van der Waals surface area contributed by atoms with Crippen LogP contribution in [0, 0.1) is 6.92 Å². The molecule has 0 saturated carbocycles. The van der Waals surface area contributed by atoms with Crippen molar-refractivity contribution >= 4 is 33.4 Å². The van der Waals surface area contributed by atoms with Crippen molar-refractivity contribution in [1.29, 1.82) is 0 Å². The molecule has 0 aliphatic carbocycles. The number of benzene rings is 1. The molecule has 23 heavy (non-hydrogen) atoms. The van der Waals surface area contributed by atoms with Gasteiger partial charge in [0.15, 0.2) is 0 Å². The number of amides is 2. The molecule has 0 aliphatic rings. The van der Waals surface area contributed by atoms with Crippen LogP contribution in [0.4, 0.5) is 5.69 Å². The van der Waals surface area contributed by atoms with E-state index >= 15 is 0 Å². The smallest absolute Gasteiger partial charge is 0.252 e. The van der Waals surface area contributed by atoms with Crippen LogP contribution in [0.5, 0.6) is 0 Å². The molecule has 0 spiro atoms. The van der Waals surface area contributed by atoms with Gasteiger partial charge < -0.3 is 10.2 Å². The van der Waals surface area contributed by atoms with Gasteiger partial charge in [0, 0.05) is 42.6 Å². The van der Waals surface area contributed by atoms with Gasteiger partial charge in [0.1, 0.15) is 0 Å². The van der Waals surface area contributed by atoms with Crippen molar-refractivity contribution in [2.24, 2.45) is 0 Å². The monoisotopic (exact) mass is 375 g/mol. The Kier molecular flexibility index (Phi) is 5.87. The number of rotatable bonds is 5. The van der Waals surface area contributed by atoms with Gasteiger partial charge in [0.05, 0.1) is 5.56 Å². The van der Waals surface area contributed by atoms with Crippen LogP contribution >= 0.6 is 15.9 Å². The Balaban J connectivity index is 1.99. The molecule has 2 rings (SSSR count). The highest BCUT2D eigenvalue weighted by atomic mass is 79.9. The SMILES string of the molecule is CC(=O)N(CCNC(=O)c1cccnc1)c1ccc(Br)c(C)c1. The maximum absolute atomic E-state index is 12.0. The molecule has 0 saturated heterocycles. The summed E-state index contributed by atoms with van der Waals surface area (Å²) in [5.41, 5.74) is 2.36. The van der Waals surface area contributed by atoms with Crippen molar-refractivity contribution in [3.05, 3.63) is 58.3 Å². The Hall–Kier alpha value is -2.21. The largest absolute Gasteiger partial charge is 0.350 e. The van der Waals surface area contributed by atoms with Gasteiger partial charge in [-0.25, -0.2) is 0 Å². The maximum atomic E-state index is 12.0. The lowest BCUT2D eigenvalue weighted by molar-refractivity contribution is -0.116. The molecule has 120 valence electrons. The Morgan fingerprint density at radius 1 is 1.30 bits per heavy atom.